The highest BCUT2D eigenvalue weighted by atomic mass is 33.1. The topological polar surface area (TPSA) is 40.5 Å². The van der Waals surface area contributed by atoms with Crippen LogP contribution in [0.1, 0.15) is 87.8 Å². The zero-order valence-electron chi connectivity index (χ0n) is 21.3. The summed E-state index contributed by atoms with van der Waals surface area (Å²) in [6.45, 7) is 16.9. The van der Waals surface area contributed by atoms with Gasteiger partial charge in [-0.3, -0.25) is 0 Å². The van der Waals surface area contributed by atoms with Crippen molar-refractivity contribution in [1.82, 2.24) is 0 Å². The fraction of sp³-hybridized carbons (Fsp3) is 0.571. The van der Waals surface area contributed by atoms with Crippen molar-refractivity contribution in [2.24, 2.45) is 0 Å². The van der Waals surface area contributed by atoms with Gasteiger partial charge in [0.2, 0.25) is 0 Å². The summed E-state index contributed by atoms with van der Waals surface area (Å²) in [6.07, 6.45) is 4.41. The van der Waals surface area contributed by atoms with Crippen LogP contribution in [0.5, 0.6) is 11.5 Å². The zero-order valence-corrected chi connectivity index (χ0v) is 22.9. The molecule has 0 radical (unpaired) electrons. The van der Waals surface area contributed by atoms with Gasteiger partial charge in [-0.05, 0) is 83.7 Å². The first kappa shape index (κ1) is 27.0. The maximum absolute atomic E-state index is 10.4. The Morgan fingerprint density at radius 3 is 1.28 bits per heavy atom. The number of benzene rings is 2. The molecule has 2 rings (SSSR count). The van der Waals surface area contributed by atoms with Crippen LogP contribution in [-0.2, 0) is 23.7 Å². The van der Waals surface area contributed by atoms with E-state index in [9.17, 15) is 10.2 Å². The normalized spacial score (nSPS) is 12.4. The minimum atomic E-state index is -0.0425. The van der Waals surface area contributed by atoms with E-state index in [1.807, 2.05) is 35.4 Å². The highest BCUT2D eigenvalue weighted by molar-refractivity contribution is 8.76. The molecule has 0 amide bonds. The summed E-state index contributed by atoms with van der Waals surface area (Å²) in [4.78, 5) is 0. The summed E-state index contributed by atoms with van der Waals surface area (Å²) in [7, 11) is 3.93. The zero-order chi connectivity index (χ0) is 24.1. The number of rotatable bonds is 9. The summed E-state index contributed by atoms with van der Waals surface area (Å²) in [5.74, 6) is 3.18. The Kier molecular flexibility index (Phi) is 9.48. The second kappa shape index (κ2) is 11.2. The van der Waals surface area contributed by atoms with Crippen molar-refractivity contribution in [1.29, 1.82) is 0 Å². The Labute approximate surface area is 204 Å². The Bertz CT molecular complexity index is 830. The molecule has 2 aromatic rings. The van der Waals surface area contributed by atoms with Crippen LogP contribution in [0.2, 0.25) is 0 Å². The molecule has 0 atom stereocenters. The molecule has 0 saturated heterocycles. The highest BCUT2D eigenvalue weighted by Crippen LogP contribution is 2.36. The Morgan fingerprint density at radius 2 is 0.969 bits per heavy atom. The van der Waals surface area contributed by atoms with Crippen LogP contribution in [0.25, 0.3) is 0 Å². The average Bonchev–Trinajstić information content (AvgIpc) is 2.67. The van der Waals surface area contributed by atoms with Crippen LogP contribution in [-0.4, -0.2) is 21.7 Å². The summed E-state index contributed by atoms with van der Waals surface area (Å²) in [5, 5.41) is 20.8. The second-order valence-electron chi connectivity index (χ2n) is 11.0. The van der Waals surface area contributed by atoms with Gasteiger partial charge in [-0.15, -0.1) is 0 Å². The van der Waals surface area contributed by atoms with Gasteiger partial charge >= 0.3 is 0 Å². The van der Waals surface area contributed by atoms with Crippen LogP contribution in [0.4, 0.5) is 0 Å². The molecule has 2 nitrogen and oxygen atoms in total. The number of phenols is 2. The third kappa shape index (κ3) is 7.66. The number of hydrogen-bond acceptors (Lipinski definition) is 4. The molecule has 4 heteroatoms. The van der Waals surface area contributed by atoms with Crippen LogP contribution >= 0.6 is 21.6 Å². The molecule has 0 aliphatic carbocycles. The van der Waals surface area contributed by atoms with E-state index in [-0.39, 0.29) is 10.8 Å². The lowest BCUT2D eigenvalue weighted by Crippen LogP contribution is -2.12. The quantitative estimate of drug-likeness (QED) is 0.283. The Morgan fingerprint density at radius 1 is 0.625 bits per heavy atom. The van der Waals surface area contributed by atoms with E-state index < -0.39 is 0 Å². The smallest absolute Gasteiger partial charge is 0.122 e. The molecule has 0 saturated carbocycles. The fourth-order valence-electron chi connectivity index (χ4n) is 3.93. The van der Waals surface area contributed by atoms with Crippen molar-refractivity contribution in [2.75, 3.05) is 11.5 Å². The predicted octanol–water partition coefficient (Wildman–Crippen LogP) is 8.26. The van der Waals surface area contributed by atoms with E-state index in [4.69, 9.17) is 0 Å². The van der Waals surface area contributed by atoms with Crippen LogP contribution < -0.4 is 0 Å². The van der Waals surface area contributed by atoms with Gasteiger partial charge in [0.05, 0.1) is 0 Å². The summed E-state index contributed by atoms with van der Waals surface area (Å²) in [6, 6.07) is 8.64. The lowest BCUT2D eigenvalue weighted by atomic mass is 9.84. The van der Waals surface area contributed by atoms with Crippen molar-refractivity contribution in [2.45, 2.75) is 91.9 Å². The molecular formula is C28H42O2S2. The van der Waals surface area contributed by atoms with Gasteiger partial charge in [-0.1, -0.05) is 87.4 Å². The minimum Gasteiger partial charge on any atom is -0.507 e. The van der Waals surface area contributed by atoms with E-state index in [1.54, 1.807) is 0 Å². The summed E-state index contributed by atoms with van der Waals surface area (Å²) >= 11 is 0. The van der Waals surface area contributed by atoms with Crippen molar-refractivity contribution >= 4 is 21.6 Å². The third-order valence-corrected chi connectivity index (χ3v) is 8.38. The first-order valence-electron chi connectivity index (χ1n) is 11.7. The highest BCUT2D eigenvalue weighted by Gasteiger charge is 2.21. The molecule has 0 fully saturated rings. The molecule has 0 bridgehead atoms. The van der Waals surface area contributed by atoms with Crippen molar-refractivity contribution < 1.29 is 10.2 Å². The lowest BCUT2D eigenvalue weighted by Gasteiger charge is -2.22. The van der Waals surface area contributed by atoms with Crippen molar-refractivity contribution in [3.63, 3.8) is 0 Å². The summed E-state index contributed by atoms with van der Waals surface area (Å²) < 4.78 is 0. The second-order valence-corrected chi connectivity index (χ2v) is 13.7. The van der Waals surface area contributed by atoms with Crippen LogP contribution in [0.3, 0.4) is 0 Å². The number of hydrogen-bond donors (Lipinski definition) is 2. The average molecular weight is 475 g/mol. The minimum absolute atomic E-state index is 0.0425. The molecule has 0 heterocycles. The van der Waals surface area contributed by atoms with Crippen molar-refractivity contribution in [3.05, 3.63) is 57.6 Å². The first-order valence-corrected chi connectivity index (χ1v) is 14.2. The molecule has 0 aliphatic rings. The van der Waals surface area contributed by atoms with E-state index in [0.717, 1.165) is 59.4 Å². The molecular weight excluding hydrogens is 432 g/mol. The van der Waals surface area contributed by atoms with Gasteiger partial charge < -0.3 is 10.2 Å². The Hall–Kier alpha value is -1.26. The summed E-state index contributed by atoms with van der Waals surface area (Å²) in [5.41, 5.74) is 6.63. The molecule has 0 unspecified atom stereocenters. The van der Waals surface area contributed by atoms with E-state index >= 15 is 0 Å². The molecule has 178 valence electrons. The van der Waals surface area contributed by atoms with Gasteiger partial charge in [0.25, 0.3) is 0 Å². The molecule has 0 aromatic heterocycles. The fourth-order valence-corrected chi connectivity index (χ4v) is 6.10. The van der Waals surface area contributed by atoms with Gasteiger partial charge in [0, 0.05) is 11.5 Å². The van der Waals surface area contributed by atoms with E-state index in [2.05, 4.69) is 65.8 Å². The molecule has 2 aromatic carbocycles. The van der Waals surface area contributed by atoms with Gasteiger partial charge in [-0.2, -0.15) is 0 Å². The standard InChI is InChI=1S/C28H42O2S2/c1-19-15-21(17-23(25(19)29)27(3,4)5)11-9-13-31-32-14-10-12-22-16-20(2)26(30)24(18-22)28(6,7)8/h15-18,29-30H,9-14H2,1-8H3. The third-order valence-electron chi connectivity index (χ3n) is 5.81. The van der Waals surface area contributed by atoms with Crippen LogP contribution in [0.15, 0.2) is 24.3 Å². The lowest BCUT2D eigenvalue weighted by molar-refractivity contribution is 0.441. The SMILES string of the molecule is Cc1cc(CCCSSCCCc2cc(C)c(O)c(C(C)(C)C)c2)cc(C(C)(C)C)c1O. The predicted molar refractivity (Wildman–Crippen MR) is 145 cm³/mol. The number of aromatic hydroxyl groups is 2. The van der Waals surface area contributed by atoms with E-state index in [1.165, 1.54) is 11.1 Å². The molecule has 2 N–H and O–H groups in total. The van der Waals surface area contributed by atoms with Crippen LogP contribution in [0, 0.1) is 13.8 Å². The van der Waals surface area contributed by atoms with E-state index in [0.29, 0.717) is 11.5 Å². The van der Waals surface area contributed by atoms with Gasteiger partial charge in [-0.25, -0.2) is 0 Å². The number of aryl methyl sites for hydroxylation is 4. The molecule has 0 aliphatic heterocycles. The maximum Gasteiger partial charge on any atom is 0.122 e. The maximum atomic E-state index is 10.4. The van der Waals surface area contributed by atoms with Gasteiger partial charge in [0.15, 0.2) is 0 Å². The molecule has 32 heavy (non-hydrogen) atoms. The number of phenolic OH excluding ortho intramolecular Hbond substituents is 2. The Balaban J connectivity index is 1.74. The first-order chi connectivity index (χ1) is 14.8. The largest absolute Gasteiger partial charge is 0.507 e. The van der Waals surface area contributed by atoms with Gasteiger partial charge in [0.1, 0.15) is 11.5 Å². The monoisotopic (exact) mass is 474 g/mol. The van der Waals surface area contributed by atoms with Crippen molar-refractivity contribution in [3.8, 4) is 11.5 Å². The molecule has 0 spiro atoms.